The van der Waals surface area contributed by atoms with Gasteiger partial charge in [-0.15, -0.1) is 0 Å². The lowest BCUT2D eigenvalue weighted by atomic mass is 10.1. The molecule has 0 radical (unpaired) electrons. The highest BCUT2D eigenvalue weighted by molar-refractivity contribution is 5.82. The molecule has 0 atom stereocenters. The maximum atomic E-state index is 2.44. The summed E-state index contributed by atoms with van der Waals surface area (Å²) in [7, 11) is 0. The van der Waals surface area contributed by atoms with Crippen LogP contribution < -0.4 is 57.1 Å². The van der Waals surface area contributed by atoms with Gasteiger partial charge in [0.1, 0.15) is 5.69 Å². The lowest BCUT2D eigenvalue weighted by Gasteiger charge is -2.03. The van der Waals surface area contributed by atoms with E-state index in [1.807, 2.05) is 0 Å². The topological polar surface area (TPSA) is 17.6 Å². The summed E-state index contributed by atoms with van der Waals surface area (Å²) in [6.45, 7) is 11.7. The Bertz CT molecular complexity index is 1360. The number of aromatic nitrogens is 4. The summed E-state index contributed by atoms with van der Waals surface area (Å²) < 4.78 is 9.67. The van der Waals surface area contributed by atoms with Crippen LogP contribution >= 0.6 is 0 Å². The number of hydrogen-bond donors (Lipinski definition) is 0. The van der Waals surface area contributed by atoms with Gasteiger partial charge in [0.05, 0.1) is 25.2 Å². The second-order valence-corrected chi connectivity index (χ2v) is 7.97. The fourth-order valence-electron chi connectivity index (χ4n) is 5.09. The average Bonchev–Trinajstić information content (AvgIpc) is 3.29. The molecule has 2 aromatic heterocycles. The Kier molecular flexibility index (Phi) is 8.21. The van der Waals surface area contributed by atoms with E-state index in [4.69, 9.17) is 0 Å². The predicted octanol–water partition coefficient (Wildman–Crippen LogP) is -0.797. The largest absolute Gasteiger partial charge is 1.00 e. The molecule has 0 aliphatic carbocycles. The zero-order chi connectivity index (χ0) is 21.5. The molecule has 0 unspecified atom stereocenters. The molecule has 5 rings (SSSR count). The zero-order valence-corrected chi connectivity index (χ0v) is 23.9. The van der Waals surface area contributed by atoms with Crippen molar-refractivity contribution in [1.82, 2.24) is 9.13 Å². The van der Waals surface area contributed by atoms with Crippen LogP contribution in [0.1, 0.15) is 26.6 Å². The van der Waals surface area contributed by atoms with E-state index in [0.717, 1.165) is 19.6 Å². The molecule has 0 amide bonds. The maximum Gasteiger partial charge on any atom is 0.289 e. The van der Waals surface area contributed by atoms with Gasteiger partial charge in [-0.3, -0.25) is 0 Å². The van der Waals surface area contributed by atoms with Crippen LogP contribution in [0.4, 0.5) is 0 Å². The van der Waals surface area contributed by atoms with E-state index >= 15 is 0 Å². The molecule has 0 fully saturated rings. The average molecular weight is 664 g/mol. The Morgan fingerprint density at radius 2 is 1.36 bits per heavy atom. The third kappa shape index (κ3) is 4.09. The van der Waals surface area contributed by atoms with Crippen LogP contribution in [0.2, 0.25) is 0 Å². The molecular weight excluding hydrogens is 634 g/mol. The maximum absolute atomic E-state index is 2.44. The Balaban J connectivity index is 0.00000153. The normalized spacial score (nSPS) is 10.9. The van der Waals surface area contributed by atoms with Crippen molar-refractivity contribution in [1.29, 1.82) is 0 Å². The molecule has 0 saturated heterocycles. The first-order chi connectivity index (χ1) is 15.2. The van der Waals surface area contributed by atoms with Gasteiger partial charge in [0.25, 0.3) is 11.6 Å². The smallest absolute Gasteiger partial charge is 0.289 e. The highest BCUT2D eigenvalue weighted by atomic mass is 127. The molecule has 172 valence electrons. The number of benzene rings is 3. The number of halogens is 2. The van der Waals surface area contributed by atoms with Gasteiger partial charge in [-0.1, -0.05) is 30.3 Å². The zero-order valence-electron chi connectivity index (χ0n) is 19.6. The first kappa shape index (κ1) is 25.7. The number of imidazole rings is 2. The summed E-state index contributed by atoms with van der Waals surface area (Å²) in [5.41, 5.74) is 7.58. The SMILES string of the molecule is CCn1c(-c2ccc3c(c2)[n+](CC)c(C)n3-c2ccccc2)[n+](CC)c2ccccc21.[I-].[I-]. The molecule has 0 aliphatic heterocycles. The van der Waals surface area contributed by atoms with Gasteiger partial charge in [-0.05, 0) is 57.2 Å². The van der Waals surface area contributed by atoms with Crippen LogP contribution in [0.5, 0.6) is 0 Å². The Morgan fingerprint density at radius 1 is 0.697 bits per heavy atom. The van der Waals surface area contributed by atoms with Gasteiger partial charge in [0.15, 0.2) is 22.1 Å². The minimum absolute atomic E-state index is 0. The van der Waals surface area contributed by atoms with Crippen molar-refractivity contribution in [2.24, 2.45) is 0 Å². The summed E-state index contributed by atoms with van der Waals surface area (Å²) in [5, 5.41) is 0. The fourth-order valence-corrected chi connectivity index (χ4v) is 5.09. The van der Waals surface area contributed by atoms with Crippen molar-refractivity contribution in [2.75, 3.05) is 0 Å². The monoisotopic (exact) mass is 664 g/mol. The lowest BCUT2D eigenvalue weighted by molar-refractivity contribution is -0.674. The standard InChI is InChI=1S/C27H30N4.2HI/c1-5-28-20(4)31(22-13-9-8-10-14-22)25-18-17-21(19-26(25)28)27-29(6-2)23-15-11-12-16-24(23)30(27)7-3;;/h8-19H,5-7H2,1-4H3;2*1H/q+2;;/p-2. The summed E-state index contributed by atoms with van der Waals surface area (Å²) in [5.74, 6) is 2.53. The van der Waals surface area contributed by atoms with Gasteiger partial charge >= 0.3 is 0 Å². The molecule has 6 heteroatoms. The molecule has 2 heterocycles. The van der Waals surface area contributed by atoms with Crippen molar-refractivity contribution in [3.05, 3.63) is 78.6 Å². The minimum Gasteiger partial charge on any atom is -1.00 e. The molecule has 3 aromatic carbocycles. The van der Waals surface area contributed by atoms with Crippen molar-refractivity contribution in [3.8, 4) is 17.1 Å². The van der Waals surface area contributed by atoms with Crippen LogP contribution in [0.25, 0.3) is 39.1 Å². The highest BCUT2D eigenvalue weighted by Crippen LogP contribution is 2.28. The molecule has 0 N–H and O–H groups in total. The van der Waals surface area contributed by atoms with Gasteiger partial charge < -0.3 is 48.0 Å². The molecule has 0 spiro atoms. The molecule has 33 heavy (non-hydrogen) atoms. The van der Waals surface area contributed by atoms with Crippen molar-refractivity contribution < 1.29 is 57.1 Å². The number of hydrogen-bond acceptors (Lipinski definition) is 0. The van der Waals surface area contributed by atoms with Crippen LogP contribution in [-0.2, 0) is 19.6 Å². The Labute approximate surface area is 229 Å². The van der Waals surface area contributed by atoms with Crippen LogP contribution in [0, 0.1) is 6.92 Å². The second kappa shape index (κ2) is 10.5. The van der Waals surface area contributed by atoms with Gasteiger partial charge in [0, 0.05) is 13.0 Å². The number of fused-ring (bicyclic) bond motifs is 2. The quantitative estimate of drug-likeness (QED) is 0.173. The Morgan fingerprint density at radius 3 is 2.03 bits per heavy atom. The van der Waals surface area contributed by atoms with E-state index in [9.17, 15) is 0 Å². The van der Waals surface area contributed by atoms with E-state index in [2.05, 4.69) is 119 Å². The van der Waals surface area contributed by atoms with Gasteiger partial charge in [-0.2, -0.15) is 4.57 Å². The molecule has 0 aliphatic rings. The summed E-state index contributed by atoms with van der Waals surface area (Å²) in [6.07, 6.45) is 0. The highest BCUT2D eigenvalue weighted by Gasteiger charge is 2.28. The molecule has 0 saturated carbocycles. The fraction of sp³-hybridized carbons (Fsp3) is 0.259. The summed E-state index contributed by atoms with van der Waals surface area (Å²) in [6, 6.07) is 26.3. The number of para-hydroxylation sites is 3. The molecule has 4 nitrogen and oxygen atoms in total. The third-order valence-corrected chi connectivity index (χ3v) is 6.42. The van der Waals surface area contributed by atoms with Gasteiger partial charge in [-0.25, -0.2) is 13.7 Å². The number of nitrogens with zero attached hydrogens (tertiary/aromatic N) is 4. The van der Waals surface area contributed by atoms with E-state index in [1.54, 1.807) is 0 Å². The Hall–Kier alpha value is -1.94. The van der Waals surface area contributed by atoms with Gasteiger partial charge in [0.2, 0.25) is 0 Å². The first-order valence-corrected chi connectivity index (χ1v) is 11.3. The van der Waals surface area contributed by atoms with E-state index in [0.29, 0.717) is 0 Å². The number of rotatable bonds is 5. The molecule has 0 bridgehead atoms. The van der Waals surface area contributed by atoms with Crippen LogP contribution in [0.15, 0.2) is 72.8 Å². The first-order valence-electron chi connectivity index (χ1n) is 11.3. The third-order valence-electron chi connectivity index (χ3n) is 6.42. The second-order valence-electron chi connectivity index (χ2n) is 7.97. The van der Waals surface area contributed by atoms with E-state index in [-0.39, 0.29) is 48.0 Å². The summed E-state index contributed by atoms with van der Waals surface area (Å²) >= 11 is 0. The minimum atomic E-state index is 0. The van der Waals surface area contributed by atoms with Crippen molar-refractivity contribution in [3.63, 3.8) is 0 Å². The van der Waals surface area contributed by atoms with Crippen molar-refractivity contribution >= 4 is 22.1 Å². The lowest BCUT2D eigenvalue weighted by Crippen LogP contribution is -3.00. The molecular formula is C27H30I2N4. The summed E-state index contributed by atoms with van der Waals surface area (Å²) in [4.78, 5) is 0. The van der Waals surface area contributed by atoms with Crippen LogP contribution in [0.3, 0.4) is 0 Å². The molecule has 5 aromatic rings. The predicted molar refractivity (Wildman–Crippen MR) is 126 cm³/mol. The van der Waals surface area contributed by atoms with E-state index in [1.165, 1.54) is 45.0 Å². The number of aryl methyl sites for hydroxylation is 3. The van der Waals surface area contributed by atoms with Crippen molar-refractivity contribution in [2.45, 2.75) is 47.3 Å². The van der Waals surface area contributed by atoms with Crippen LogP contribution in [-0.4, -0.2) is 9.13 Å². The van der Waals surface area contributed by atoms with E-state index < -0.39 is 0 Å².